The van der Waals surface area contributed by atoms with Crippen molar-refractivity contribution in [3.63, 3.8) is 0 Å². The molecule has 1 aromatic heterocycles. The molecule has 18 heavy (non-hydrogen) atoms. The smallest absolute Gasteiger partial charge is 0.133 e. The number of hydrogen-bond donors (Lipinski definition) is 1. The third kappa shape index (κ3) is 2.20. The van der Waals surface area contributed by atoms with Gasteiger partial charge in [-0.2, -0.15) is 5.26 Å². The van der Waals surface area contributed by atoms with E-state index in [1.54, 1.807) is 12.1 Å². The van der Waals surface area contributed by atoms with Gasteiger partial charge >= 0.3 is 0 Å². The number of likely N-dealkylation sites (N-methyl/N-ethyl adjacent to an activating group) is 1. The van der Waals surface area contributed by atoms with Crippen molar-refractivity contribution >= 4 is 11.5 Å². The van der Waals surface area contributed by atoms with Crippen molar-refractivity contribution in [1.29, 1.82) is 5.26 Å². The highest BCUT2D eigenvalue weighted by molar-refractivity contribution is 5.68. The summed E-state index contributed by atoms with van der Waals surface area (Å²) in [4.78, 5) is 4.54. The second-order valence-electron chi connectivity index (χ2n) is 4.61. The Morgan fingerprint density at radius 2 is 2.11 bits per heavy atom. The Morgan fingerprint density at radius 3 is 2.67 bits per heavy atom. The first kappa shape index (κ1) is 12.5. The van der Waals surface area contributed by atoms with Gasteiger partial charge in [-0.25, -0.2) is 0 Å². The predicted molar refractivity (Wildman–Crippen MR) is 73.5 cm³/mol. The van der Waals surface area contributed by atoms with Crippen molar-refractivity contribution in [3.8, 4) is 6.07 Å². The number of nitriles is 1. The van der Waals surface area contributed by atoms with Gasteiger partial charge in [0.05, 0.1) is 5.69 Å². The van der Waals surface area contributed by atoms with E-state index >= 15 is 0 Å². The molecule has 0 aromatic carbocycles. The number of anilines is 2. The Labute approximate surface area is 108 Å². The van der Waals surface area contributed by atoms with E-state index in [0.717, 1.165) is 32.0 Å². The topological polar surface area (TPSA) is 61.2 Å². The lowest BCUT2D eigenvalue weighted by Gasteiger charge is -2.34. The van der Waals surface area contributed by atoms with Crippen LogP contribution in [0.1, 0.15) is 5.69 Å². The van der Waals surface area contributed by atoms with Crippen LogP contribution in [0.25, 0.3) is 0 Å². The van der Waals surface area contributed by atoms with Crippen LogP contribution in [-0.4, -0.2) is 42.7 Å². The molecule has 0 atom stereocenters. The number of piperazine rings is 1. The zero-order valence-electron chi connectivity index (χ0n) is 10.8. The van der Waals surface area contributed by atoms with E-state index < -0.39 is 0 Å². The summed E-state index contributed by atoms with van der Waals surface area (Å²) in [6.45, 7) is 8.26. The van der Waals surface area contributed by atoms with Crippen molar-refractivity contribution in [1.82, 2.24) is 9.47 Å². The predicted octanol–water partition coefficient (Wildman–Crippen LogP) is 0.880. The average Bonchev–Trinajstić information content (AvgIpc) is 2.68. The van der Waals surface area contributed by atoms with E-state index in [-0.39, 0.29) is 0 Å². The van der Waals surface area contributed by atoms with Gasteiger partial charge < -0.3 is 20.1 Å². The van der Waals surface area contributed by atoms with Gasteiger partial charge in [-0.15, -0.1) is 6.58 Å². The van der Waals surface area contributed by atoms with Crippen LogP contribution >= 0.6 is 0 Å². The molecule has 1 aliphatic rings. The van der Waals surface area contributed by atoms with Crippen LogP contribution in [0.2, 0.25) is 0 Å². The molecule has 1 aliphatic heterocycles. The van der Waals surface area contributed by atoms with Gasteiger partial charge in [-0.3, -0.25) is 0 Å². The van der Waals surface area contributed by atoms with E-state index in [0.29, 0.717) is 17.9 Å². The van der Waals surface area contributed by atoms with E-state index in [1.165, 1.54) is 0 Å². The first-order valence-corrected chi connectivity index (χ1v) is 6.11. The lowest BCUT2D eigenvalue weighted by atomic mass is 10.3. The fourth-order valence-corrected chi connectivity index (χ4v) is 2.34. The van der Waals surface area contributed by atoms with Crippen LogP contribution < -0.4 is 10.6 Å². The van der Waals surface area contributed by atoms with Gasteiger partial charge in [0, 0.05) is 32.7 Å². The molecule has 5 heteroatoms. The van der Waals surface area contributed by atoms with Gasteiger partial charge in [0.15, 0.2) is 0 Å². The summed E-state index contributed by atoms with van der Waals surface area (Å²) in [5, 5.41) is 9.14. The Kier molecular flexibility index (Phi) is 3.58. The van der Waals surface area contributed by atoms with E-state index in [1.807, 2.05) is 4.57 Å². The highest BCUT2D eigenvalue weighted by Crippen LogP contribution is 2.28. The fraction of sp³-hybridized carbons (Fsp3) is 0.462. The monoisotopic (exact) mass is 245 g/mol. The summed E-state index contributed by atoms with van der Waals surface area (Å²) in [7, 11) is 2.12. The van der Waals surface area contributed by atoms with Gasteiger partial charge in [0.1, 0.15) is 17.6 Å². The Morgan fingerprint density at radius 1 is 1.44 bits per heavy atom. The molecule has 0 aliphatic carbocycles. The molecule has 96 valence electrons. The molecule has 2 N–H and O–H groups in total. The number of rotatable bonds is 3. The summed E-state index contributed by atoms with van der Waals surface area (Å²) < 4.78 is 1.94. The molecule has 1 saturated heterocycles. The molecule has 0 bridgehead atoms. The Hall–Kier alpha value is -1.93. The maximum absolute atomic E-state index is 9.14. The van der Waals surface area contributed by atoms with E-state index in [2.05, 4.69) is 29.5 Å². The van der Waals surface area contributed by atoms with E-state index in [4.69, 9.17) is 11.0 Å². The van der Waals surface area contributed by atoms with Crippen LogP contribution in [0.4, 0.5) is 11.5 Å². The van der Waals surface area contributed by atoms with Crippen LogP contribution in [0.15, 0.2) is 18.7 Å². The minimum atomic E-state index is 0.598. The summed E-state index contributed by atoms with van der Waals surface area (Å²) in [5.74, 6) is 0.958. The van der Waals surface area contributed by atoms with Crippen molar-refractivity contribution in [2.24, 2.45) is 0 Å². The molecule has 0 saturated carbocycles. The fourth-order valence-electron chi connectivity index (χ4n) is 2.34. The Balaban J connectivity index is 2.34. The zero-order chi connectivity index (χ0) is 13.1. The van der Waals surface area contributed by atoms with Crippen molar-refractivity contribution < 1.29 is 0 Å². The van der Waals surface area contributed by atoms with Crippen LogP contribution in [0, 0.1) is 11.3 Å². The number of nitrogens with two attached hydrogens (primary N) is 1. The third-order valence-electron chi connectivity index (χ3n) is 3.33. The maximum Gasteiger partial charge on any atom is 0.133 e. The first-order chi connectivity index (χ1) is 8.67. The van der Waals surface area contributed by atoms with Crippen molar-refractivity contribution in [3.05, 3.63) is 24.4 Å². The number of aromatic nitrogens is 1. The average molecular weight is 245 g/mol. The lowest BCUT2D eigenvalue weighted by molar-refractivity contribution is 0.311. The molecule has 0 radical (unpaired) electrons. The summed E-state index contributed by atoms with van der Waals surface area (Å²) in [6, 6.07) is 3.93. The first-order valence-electron chi connectivity index (χ1n) is 6.11. The molecule has 0 spiro atoms. The van der Waals surface area contributed by atoms with Gasteiger partial charge in [-0.05, 0) is 13.1 Å². The minimum Gasteiger partial charge on any atom is -0.396 e. The molecular formula is C13H19N5. The lowest BCUT2D eigenvalue weighted by Crippen LogP contribution is -2.45. The molecular weight excluding hydrogens is 226 g/mol. The Bertz CT molecular complexity index is 474. The van der Waals surface area contributed by atoms with Crippen molar-refractivity contribution in [2.75, 3.05) is 43.9 Å². The van der Waals surface area contributed by atoms with Crippen LogP contribution in [0.3, 0.4) is 0 Å². The zero-order valence-corrected chi connectivity index (χ0v) is 10.8. The summed E-state index contributed by atoms with van der Waals surface area (Å²) in [6.07, 6.45) is 1.79. The van der Waals surface area contributed by atoms with E-state index in [9.17, 15) is 0 Å². The van der Waals surface area contributed by atoms with Crippen LogP contribution in [0.5, 0.6) is 0 Å². The number of nitrogen functional groups attached to an aromatic ring is 1. The van der Waals surface area contributed by atoms with Crippen LogP contribution in [-0.2, 0) is 6.54 Å². The van der Waals surface area contributed by atoms with Gasteiger partial charge in [0.2, 0.25) is 0 Å². The largest absolute Gasteiger partial charge is 0.396 e. The normalized spacial score (nSPS) is 16.6. The molecule has 5 nitrogen and oxygen atoms in total. The SMILES string of the molecule is C=CCn1c(C#N)cc(N)c1N1CCN(C)CC1. The molecule has 1 fully saturated rings. The maximum atomic E-state index is 9.14. The molecule has 0 amide bonds. The van der Waals surface area contributed by atoms with Gasteiger partial charge in [-0.1, -0.05) is 6.08 Å². The standard InChI is InChI=1S/C13H19N5/c1-3-4-18-11(10-14)9-12(15)13(18)17-7-5-16(2)6-8-17/h3,9H,1,4-8,15H2,2H3. The van der Waals surface area contributed by atoms with Crippen molar-refractivity contribution in [2.45, 2.75) is 6.54 Å². The number of hydrogen-bond acceptors (Lipinski definition) is 4. The minimum absolute atomic E-state index is 0.598. The second-order valence-corrected chi connectivity index (χ2v) is 4.61. The molecule has 1 aromatic rings. The number of allylic oxidation sites excluding steroid dienone is 1. The summed E-state index contributed by atoms with van der Waals surface area (Å²) >= 11 is 0. The molecule has 2 rings (SSSR count). The number of nitrogens with zero attached hydrogens (tertiary/aromatic N) is 4. The highest BCUT2D eigenvalue weighted by Gasteiger charge is 2.21. The third-order valence-corrected chi connectivity index (χ3v) is 3.33. The van der Waals surface area contributed by atoms with Gasteiger partial charge in [0.25, 0.3) is 0 Å². The highest BCUT2D eigenvalue weighted by atomic mass is 15.3. The summed E-state index contributed by atoms with van der Waals surface area (Å²) in [5.41, 5.74) is 7.33. The molecule has 0 unspecified atom stereocenters. The molecule has 2 heterocycles. The quantitative estimate of drug-likeness (QED) is 0.803. The second kappa shape index (κ2) is 5.15.